The highest BCUT2D eigenvalue weighted by atomic mass is 19.1. The zero-order chi connectivity index (χ0) is 25.1. The number of urea groups is 1. The van der Waals surface area contributed by atoms with Gasteiger partial charge in [-0.2, -0.15) is 4.98 Å². The molecular weight excluding hydrogens is 467 g/mol. The number of H-pyrrole nitrogens is 1. The second-order valence-electron chi connectivity index (χ2n) is 9.08. The Hall–Kier alpha value is -3.89. The summed E-state index contributed by atoms with van der Waals surface area (Å²) in [5.74, 6) is 1.37. The third-order valence-electron chi connectivity index (χ3n) is 6.79. The number of pyridine rings is 1. The highest BCUT2D eigenvalue weighted by Crippen LogP contribution is 2.31. The van der Waals surface area contributed by atoms with E-state index < -0.39 is 6.09 Å². The number of aromatic amines is 1. The average molecular weight is 497 g/mol. The van der Waals surface area contributed by atoms with Gasteiger partial charge in [-0.15, -0.1) is 0 Å². The normalized spacial score (nSPS) is 16.3. The van der Waals surface area contributed by atoms with Gasteiger partial charge in [0, 0.05) is 30.4 Å². The monoisotopic (exact) mass is 496 g/mol. The Morgan fingerprint density at radius 3 is 2.81 bits per heavy atom. The maximum Gasteiger partial charge on any atom is 0.413 e. The molecule has 11 heteroatoms. The van der Waals surface area contributed by atoms with E-state index in [1.165, 1.54) is 7.11 Å². The lowest BCUT2D eigenvalue weighted by Crippen LogP contribution is -2.47. The molecule has 2 aliphatic rings. The summed E-state index contributed by atoms with van der Waals surface area (Å²) in [7, 11) is 1.28. The van der Waals surface area contributed by atoms with Crippen molar-refractivity contribution in [2.45, 2.75) is 25.8 Å². The molecule has 4 heterocycles. The number of hydrogen-bond acceptors (Lipinski definition) is 6. The van der Waals surface area contributed by atoms with Crippen molar-refractivity contribution in [2.24, 2.45) is 5.92 Å². The van der Waals surface area contributed by atoms with E-state index in [1.807, 2.05) is 34.1 Å². The number of benzene rings is 1. The first kappa shape index (κ1) is 23.8. The van der Waals surface area contributed by atoms with Crippen LogP contribution in [0.3, 0.4) is 0 Å². The Balaban J connectivity index is 1.33. The number of methoxy groups -OCH3 is 1. The first-order valence-electron chi connectivity index (χ1n) is 12.1. The molecule has 2 aliphatic heterocycles. The van der Waals surface area contributed by atoms with E-state index in [2.05, 4.69) is 25.0 Å². The van der Waals surface area contributed by atoms with Gasteiger partial charge in [-0.1, -0.05) is 6.07 Å². The molecule has 0 bridgehead atoms. The number of piperidine rings is 1. The van der Waals surface area contributed by atoms with Gasteiger partial charge in [0.25, 0.3) is 0 Å². The number of nitrogens with zero attached hydrogens (tertiary/aromatic N) is 4. The van der Waals surface area contributed by atoms with Crippen LogP contribution in [0.5, 0.6) is 5.75 Å². The van der Waals surface area contributed by atoms with Crippen LogP contribution in [0.25, 0.3) is 22.3 Å². The topological polar surface area (TPSA) is 113 Å². The molecule has 2 N–H and O–H groups in total. The van der Waals surface area contributed by atoms with Crippen molar-refractivity contribution in [1.29, 1.82) is 0 Å². The first-order chi connectivity index (χ1) is 17.5. The van der Waals surface area contributed by atoms with Crippen molar-refractivity contribution in [2.75, 3.05) is 45.3 Å². The number of carbonyl (C=O) groups excluding carboxylic acids is 2. The summed E-state index contributed by atoms with van der Waals surface area (Å²) in [5, 5.41) is 2.50. The lowest BCUT2D eigenvalue weighted by atomic mass is 9.94. The van der Waals surface area contributed by atoms with E-state index in [9.17, 15) is 14.0 Å². The first-order valence-corrected chi connectivity index (χ1v) is 12.1. The van der Waals surface area contributed by atoms with E-state index in [1.54, 1.807) is 6.20 Å². The van der Waals surface area contributed by atoms with E-state index >= 15 is 0 Å². The van der Waals surface area contributed by atoms with E-state index in [0.29, 0.717) is 56.3 Å². The molecule has 0 spiro atoms. The third-order valence-corrected chi connectivity index (χ3v) is 6.79. The number of fused-ring (bicyclic) bond motifs is 2. The SMILES string of the molecule is COC(=O)Nc1nc2ncc(-c3ccc4c(c3)CN(C(=O)N3CCC(CCF)CC3)CCO4)cc2[nH]1. The van der Waals surface area contributed by atoms with Crippen LogP contribution in [0.2, 0.25) is 0 Å². The van der Waals surface area contributed by atoms with Crippen molar-refractivity contribution >= 4 is 29.2 Å². The lowest BCUT2D eigenvalue weighted by molar-refractivity contribution is 0.124. The summed E-state index contributed by atoms with van der Waals surface area (Å²) in [5.41, 5.74) is 3.83. The molecule has 2 aromatic heterocycles. The van der Waals surface area contributed by atoms with Crippen molar-refractivity contribution in [3.8, 4) is 16.9 Å². The van der Waals surface area contributed by atoms with Gasteiger partial charge in [-0.05, 0) is 48.9 Å². The quantitative estimate of drug-likeness (QED) is 0.560. The summed E-state index contributed by atoms with van der Waals surface area (Å²) in [6, 6.07) is 7.80. The Bertz CT molecular complexity index is 1260. The Morgan fingerprint density at radius 1 is 1.19 bits per heavy atom. The van der Waals surface area contributed by atoms with Gasteiger partial charge < -0.3 is 24.3 Å². The van der Waals surface area contributed by atoms with Crippen LogP contribution >= 0.6 is 0 Å². The van der Waals surface area contributed by atoms with Crippen molar-refractivity contribution in [3.63, 3.8) is 0 Å². The summed E-state index contributed by atoms with van der Waals surface area (Å²) in [6.45, 7) is 2.40. The highest BCUT2D eigenvalue weighted by Gasteiger charge is 2.28. The number of ether oxygens (including phenoxy) is 2. The molecule has 5 rings (SSSR count). The zero-order valence-corrected chi connectivity index (χ0v) is 20.1. The van der Waals surface area contributed by atoms with Gasteiger partial charge in [0.05, 0.1) is 32.4 Å². The smallest absolute Gasteiger partial charge is 0.413 e. The highest BCUT2D eigenvalue weighted by molar-refractivity contribution is 5.86. The van der Waals surface area contributed by atoms with Crippen LogP contribution in [0.1, 0.15) is 24.8 Å². The van der Waals surface area contributed by atoms with Crippen LogP contribution < -0.4 is 10.1 Å². The molecule has 1 fully saturated rings. The van der Waals surface area contributed by atoms with Gasteiger partial charge in [-0.3, -0.25) is 9.71 Å². The minimum Gasteiger partial charge on any atom is -0.491 e. The third kappa shape index (κ3) is 5.05. The number of alkyl halides is 1. The minimum absolute atomic E-state index is 0.00160. The molecule has 0 unspecified atom stereocenters. The molecule has 0 aliphatic carbocycles. The van der Waals surface area contributed by atoms with Crippen LogP contribution in [-0.4, -0.2) is 76.9 Å². The van der Waals surface area contributed by atoms with E-state index in [-0.39, 0.29) is 18.7 Å². The predicted octanol–water partition coefficient (Wildman–Crippen LogP) is 4.19. The van der Waals surface area contributed by atoms with Gasteiger partial charge in [-0.25, -0.2) is 14.6 Å². The van der Waals surface area contributed by atoms with Gasteiger partial charge in [0.1, 0.15) is 12.4 Å². The fourth-order valence-corrected chi connectivity index (χ4v) is 4.77. The number of hydrogen-bond donors (Lipinski definition) is 2. The Morgan fingerprint density at radius 2 is 2.03 bits per heavy atom. The molecule has 190 valence electrons. The average Bonchev–Trinajstić information content (AvgIpc) is 3.17. The summed E-state index contributed by atoms with van der Waals surface area (Å²) >= 11 is 0. The van der Waals surface area contributed by atoms with Crippen LogP contribution in [0, 0.1) is 5.92 Å². The number of halogens is 1. The van der Waals surface area contributed by atoms with Gasteiger partial charge in [0.2, 0.25) is 5.95 Å². The maximum atomic E-state index is 13.2. The number of nitrogens with one attached hydrogen (secondary N) is 2. The predicted molar refractivity (Wildman–Crippen MR) is 132 cm³/mol. The molecule has 1 aromatic carbocycles. The number of imidazole rings is 1. The number of likely N-dealkylation sites (tertiary alicyclic amines) is 1. The molecule has 0 radical (unpaired) electrons. The lowest BCUT2D eigenvalue weighted by Gasteiger charge is -2.35. The number of rotatable bonds is 4. The molecule has 3 amide bonds. The fourth-order valence-electron chi connectivity index (χ4n) is 4.77. The molecular formula is C25H29FN6O4. The summed E-state index contributed by atoms with van der Waals surface area (Å²) in [6.07, 6.45) is 3.37. The molecule has 0 atom stereocenters. The van der Waals surface area contributed by atoms with Crippen LogP contribution in [-0.2, 0) is 11.3 Å². The number of aromatic nitrogens is 3. The molecule has 1 saturated heterocycles. The van der Waals surface area contributed by atoms with E-state index in [0.717, 1.165) is 35.3 Å². The zero-order valence-electron chi connectivity index (χ0n) is 20.1. The second-order valence-corrected chi connectivity index (χ2v) is 9.08. The molecule has 10 nitrogen and oxygen atoms in total. The number of anilines is 1. The van der Waals surface area contributed by atoms with Crippen LogP contribution in [0.15, 0.2) is 30.5 Å². The van der Waals surface area contributed by atoms with Crippen LogP contribution in [0.4, 0.5) is 19.9 Å². The van der Waals surface area contributed by atoms with Gasteiger partial charge >= 0.3 is 12.1 Å². The molecule has 36 heavy (non-hydrogen) atoms. The minimum atomic E-state index is -0.622. The largest absolute Gasteiger partial charge is 0.491 e. The maximum absolute atomic E-state index is 13.2. The number of amides is 3. The van der Waals surface area contributed by atoms with Crippen molar-refractivity contribution in [3.05, 3.63) is 36.0 Å². The summed E-state index contributed by atoms with van der Waals surface area (Å²) in [4.78, 5) is 40.1. The Kier molecular flexibility index (Phi) is 6.88. The second kappa shape index (κ2) is 10.4. The Labute approximate surface area is 207 Å². The number of carbonyl (C=O) groups is 2. The summed E-state index contributed by atoms with van der Waals surface area (Å²) < 4.78 is 23.2. The van der Waals surface area contributed by atoms with Crippen molar-refractivity contribution < 1.29 is 23.5 Å². The van der Waals surface area contributed by atoms with Gasteiger partial charge in [0.15, 0.2) is 5.65 Å². The molecule has 3 aromatic rings. The standard InChI is InChI=1S/C25H29FN6O4/c1-35-24(33)30-23-28-20-13-18(14-27-22(20)29-23)17-2-3-21-19(12-17)15-32(10-11-36-21)25(34)31-8-5-16(4-7-26)6-9-31/h2-3,12-14,16H,4-11,15H2,1H3,(H2,27,28,29,30,33). The van der Waals surface area contributed by atoms with Crippen molar-refractivity contribution in [1.82, 2.24) is 24.8 Å². The molecule has 0 saturated carbocycles. The fraction of sp³-hybridized carbons (Fsp3) is 0.440. The van der Waals surface area contributed by atoms with E-state index in [4.69, 9.17) is 4.74 Å².